The van der Waals surface area contributed by atoms with Gasteiger partial charge in [0.25, 0.3) is 0 Å². The fraction of sp³-hybridized carbons (Fsp3) is 0.500. The summed E-state index contributed by atoms with van der Waals surface area (Å²) < 4.78 is 13.9. The molecule has 1 aromatic carbocycles. The molecule has 0 bridgehead atoms. The lowest BCUT2D eigenvalue weighted by molar-refractivity contribution is 0.218. The summed E-state index contributed by atoms with van der Waals surface area (Å²) in [6.07, 6.45) is 0. The van der Waals surface area contributed by atoms with Crippen LogP contribution in [0.3, 0.4) is 0 Å². The van der Waals surface area contributed by atoms with Crippen LogP contribution >= 0.6 is 0 Å². The summed E-state index contributed by atoms with van der Waals surface area (Å²) in [7, 11) is 2.01. The largest absolute Gasteiger partial charge is 0.320 e. The lowest BCUT2D eigenvalue weighted by Crippen LogP contribution is -2.29. The van der Waals surface area contributed by atoms with Crippen molar-refractivity contribution in [3.05, 3.63) is 35.1 Å². The van der Waals surface area contributed by atoms with Crippen molar-refractivity contribution in [3.63, 3.8) is 0 Å². The van der Waals surface area contributed by atoms with E-state index < -0.39 is 0 Å². The van der Waals surface area contributed by atoms with E-state index in [1.807, 2.05) is 13.1 Å². The van der Waals surface area contributed by atoms with Crippen LogP contribution in [0, 0.1) is 23.1 Å². The Morgan fingerprint density at radius 3 is 2.53 bits per heavy atom. The minimum Gasteiger partial charge on any atom is -0.320 e. The fourth-order valence-corrected chi connectivity index (χ4v) is 2.06. The van der Waals surface area contributed by atoms with Gasteiger partial charge in [-0.15, -0.1) is 0 Å². The first kappa shape index (κ1) is 15.7. The Bertz CT molecular complexity index is 478. The van der Waals surface area contributed by atoms with Gasteiger partial charge in [0.15, 0.2) is 0 Å². The molecule has 0 spiro atoms. The smallest absolute Gasteiger partial charge is 0.128 e. The van der Waals surface area contributed by atoms with Crippen molar-refractivity contribution >= 4 is 0 Å². The zero-order valence-electron chi connectivity index (χ0n) is 12.3. The van der Waals surface area contributed by atoms with E-state index in [-0.39, 0.29) is 17.8 Å². The molecule has 0 fully saturated rings. The van der Waals surface area contributed by atoms with E-state index >= 15 is 0 Å². The van der Waals surface area contributed by atoms with Gasteiger partial charge in [-0.2, -0.15) is 0 Å². The molecule has 0 aliphatic heterocycles. The van der Waals surface area contributed by atoms with Crippen LogP contribution in [-0.2, 0) is 6.54 Å². The highest BCUT2D eigenvalue weighted by Gasteiger charge is 2.14. The third kappa shape index (κ3) is 5.87. The van der Waals surface area contributed by atoms with Crippen molar-refractivity contribution in [1.82, 2.24) is 4.90 Å². The summed E-state index contributed by atoms with van der Waals surface area (Å²) in [5.74, 6) is 5.35. The molecular formula is C16H23FN2. The maximum atomic E-state index is 13.9. The molecule has 0 saturated carbocycles. The number of nitrogens with zero attached hydrogens (tertiary/aromatic N) is 1. The molecule has 0 amide bonds. The van der Waals surface area contributed by atoms with Gasteiger partial charge in [-0.3, -0.25) is 0 Å². The first-order chi connectivity index (χ1) is 8.81. The van der Waals surface area contributed by atoms with Crippen LogP contribution < -0.4 is 5.73 Å². The lowest BCUT2D eigenvalue weighted by atomic mass is 9.96. The van der Waals surface area contributed by atoms with Crippen molar-refractivity contribution in [2.45, 2.75) is 27.3 Å². The Hall–Kier alpha value is -1.37. The van der Waals surface area contributed by atoms with Crippen LogP contribution in [0.2, 0.25) is 0 Å². The Labute approximate surface area is 115 Å². The lowest BCUT2D eigenvalue weighted by Gasteiger charge is -2.26. The van der Waals surface area contributed by atoms with E-state index in [2.05, 4.69) is 37.5 Å². The van der Waals surface area contributed by atoms with Gasteiger partial charge in [-0.25, -0.2) is 4.39 Å². The molecule has 0 unspecified atom stereocenters. The van der Waals surface area contributed by atoms with Gasteiger partial charge in [-0.1, -0.05) is 38.7 Å². The van der Waals surface area contributed by atoms with Crippen LogP contribution in [0.5, 0.6) is 0 Å². The summed E-state index contributed by atoms with van der Waals surface area (Å²) in [5, 5.41) is 0. The minimum atomic E-state index is -0.204. The van der Waals surface area contributed by atoms with Gasteiger partial charge >= 0.3 is 0 Å². The third-order valence-corrected chi connectivity index (χ3v) is 2.57. The van der Waals surface area contributed by atoms with E-state index in [1.165, 1.54) is 6.07 Å². The average molecular weight is 262 g/mol. The summed E-state index contributed by atoms with van der Waals surface area (Å²) in [4.78, 5) is 2.13. The monoisotopic (exact) mass is 262 g/mol. The number of halogens is 1. The molecular weight excluding hydrogens is 239 g/mol. The highest BCUT2D eigenvalue weighted by atomic mass is 19.1. The van der Waals surface area contributed by atoms with Gasteiger partial charge in [-0.05, 0) is 24.6 Å². The van der Waals surface area contributed by atoms with Crippen molar-refractivity contribution in [2.75, 3.05) is 20.1 Å². The maximum Gasteiger partial charge on any atom is 0.128 e. The van der Waals surface area contributed by atoms with Gasteiger partial charge in [0.2, 0.25) is 0 Å². The number of nitrogens with two attached hydrogens (primary N) is 1. The third-order valence-electron chi connectivity index (χ3n) is 2.57. The molecule has 0 radical (unpaired) electrons. The van der Waals surface area contributed by atoms with Crippen molar-refractivity contribution in [3.8, 4) is 11.8 Å². The van der Waals surface area contributed by atoms with Crippen LogP contribution in [0.1, 0.15) is 31.9 Å². The second-order valence-electron chi connectivity index (χ2n) is 6.05. The second kappa shape index (κ2) is 6.70. The molecule has 0 heterocycles. The van der Waals surface area contributed by atoms with E-state index in [9.17, 15) is 4.39 Å². The molecule has 19 heavy (non-hydrogen) atoms. The topological polar surface area (TPSA) is 29.3 Å². The van der Waals surface area contributed by atoms with E-state index in [4.69, 9.17) is 5.73 Å². The molecule has 2 N–H and O–H groups in total. The standard InChI is InChI=1S/C16H23FN2/c1-16(2,3)12-19(4)11-14-8-7-13(6-5-9-18)10-15(14)17/h7-8,10H,9,11-12,18H2,1-4H3. The SMILES string of the molecule is CN(Cc1ccc(C#CCN)cc1F)CC(C)(C)C. The number of hydrogen-bond acceptors (Lipinski definition) is 2. The maximum absolute atomic E-state index is 13.9. The predicted octanol–water partition coefficient (Wildman–Crippen LogP) is 2.61. The van der Waals surface area contributed by atoms with Gasteiger partial charge < -0.3 is 10.6 Å². The molecule has 0 aliphatic carbocycles. The summed E-state index contributed by atoms with van der Waals surface area (Å²) in [5.41, 5.74) is 6.87. The second-order valence-corrected chi connectivity index (χ2v) is 6.05. The highest BCUT2D eigenvalue weighted by Crippen LogP contribution is 2.17. The molecule has 0 saturated heterocycles. The Kier molecular flexibility index (Phi) is 5.53. The highest BCUT2D eigenvalue weighted by molar-refractivity contribution is 5.37. The van der Waals surface area contributed by atoms with Gasteiger partial charge in [0.1, 0.15) is 5.82 Å². The molecule has 0 atom stereocenters. The first-order valence-corrected chi connectivity index (χ1v) is 6.48. The van der Waals surface area contributed by atoms with Crippen LogP contribution in [-0.4, -0.2) is 25.0 Å². The number of benzene rings is 1. The summed E-state index contributed by atoms with van der Waals surface area (Å²) >= 11 is 0. The van der Waals surface area contributed by atoms with Crippen molar-refractivity contribution < 1.29 is 4.39 Å². The normalized spacial score (nSPS) is 11.3. The molecule has 104 valence electrons. The number of hydrogen-bond donors (Lipinski definition) is 1. The molecule has 2 nitrogen and oxygen atoms in total. The zero-order chi connectivity index (χ0) is 14.5. The quantitative estimate of drug-likeness (QED) is 0.848. The summed E-state index contributed by atoms with van der Waals surface area (Å²) in [6, 6.07) is 5.12. The number of rotatable bonds is 3. The van der Waals surface area contributed by atoms with Crippen molar-refractivity contribution in [2.24, 2.45) is 11.1 Å². The van der Waals surface area contributed by atoms with Crippen LogP contribution in [0.4, 0.5) is 4.39 Å². The Balaban J connectivity index is 2.75. The fourth-order valence-electron chi connectivity index (χ4n) is 2.06. The summed E-state index contributed by atoms with van der Waals surface area (Å²) in [6.45, 7) is 8.33. The van der Waals surface area contributed by atoms with Gasteiger partial charge in [0, 0.05) is 24.2 Å². The van der Waals surface area contributed by atoms with Crippen LogP contribution in [0.15, 0.2) is 18.2 Å². The molecule has 3 heteroatoms. The Morgan fingerprint density at radius 2 is 2.00 bits per heavy atom. The van der Waals surface area contributed by atoms with E-state index in [0.717, 1.165) is 6.54 Å². The zero-order valence-corrected chi connectivity index (χ0v) is 12.3. The predicted molar refractivity (Wildman–Crippen MR) is 78.1 cm³/mol. The first-order valence-electron chi connectivity index (χ1n) is 6.48. The molecule has 1 rings (SSSR count). The van der Waals surface area contributed by atoms with E-state index in [0.29, 0.717) is 17.7 Å². The molecule has 1 aromatic rings. The molecule has 0 aliphatic rings. The minimum absolute atomic E-state index is 0.204. The molecule has 0 aromatic heterocycles. The average Bonchev–Trinajstić information content (AvgIpc) is 2.27. The van der Waals surface area contributed by atoms with Gasteiger partial charge in [0.05, 0.1) is 6.54 Å². The van der Waals surface area contributed by atoms with Crippen LogP contribution in [0.25, 0.3) is 0 Å². The van der Waals surface area contributed by atoms with Crippen molar-refractivity contribution in [1.29, 1.82) is 0 Å². The Morgan fingerprint density at radius 1 is 1.32 bits per heavy atom. The van der Waals surface area contributed by atoms with E-state index in [1.54, 1.807) is 6.07 Å².